The molecule has 0 atom stereocenters. The van der Waals surface area contributed by atoms with Crippen LogP contribution in [0.25, 0.3) is 0 Å². The van der Waals surface area contributed by atoms with Gasteiger partial charge in [0.2, 0.25) is 5.91 Å². The van der Waals surface area contributed by atoms with Crippen molar-refractivity contribution in [3.8, 4) is 17.2 Å². The fourth-order valence-electron chi connectivity index (χ4n) is 2.64. The number of carbonyl (C=O) groups excluding carboxylic acids is 2. The number of methoxy groups -OCH3 is 2. The first-order valence-electron chi connectivity index (χ1n) is 7.73. The predicted molar refractivity (Wildman–Crippen MR) is 91.0 cm³/mol. The Morgan fingerprint density at radius 2 is 1.72 bits per heavy atom. The Hall–Kier alpha value is -3.22. The summed E-state index contributed by atoms with van der Waals surface area (Å²) in [5.74, 6) is 1.20. The van der Waals surface area contributed by atoms with Gasteiger partial charge < -0.3 is 14.2 Å². The zero-order chi connectivity index (χ0) is 17.8. The van der Waals surface area contributed by atoms with Gasteiger partial charge in [0.25, 0.3) is 0 Å². The third kappa shape index (κ3) is 3.50. The van der Waals surface area contributed by atoms with Crippen LogP contribution in [0.4, 0.5) is 10.5 Å². The summed E-state index contributed by atoms with van der Waals surface area (Å²) in [6.45, 7) is 0. The van der Waals surface area contributed by atoms with Crippen LogP contribution in [0.1, 0.15) is 12.0 Å². The molecule has 0 radical (unpaired) electrons. The third-order valence-electron chi connectivity index (χ3n) is 3.84. The molecule has 130 valence electrons. The van der Waals surface area contributed by atoms with Gasteiger partial charge in [-0.15, -0.1) is 0 Å². The normalized spacial score (nSPS) is 13.0. The third-order valence-corrected chi connectivity index (χ3v) is 3.84. The highest BCUT2D eigenvalue weighted by Crippen LogP contribution is 2.37. The molecule has 0 aliphatic carbocycles. The number of hydrogen-bond donors (Lipinski definition) is 1. The average Bonchev–Trinajstić information content (AvgIpc) is 2.63. The molecule has 7 nitrogen and oxygen atoms in total. The van der Waals surface area contributed by atoms with E-state index >= 15 is 0 Å². The van der Waals surface area contributed by atoms with Crippen LogP contribution in [-0.2, 0) is 11.2 Å². The van der Waals surface area contributed by atoms with Gasteiger partial charge in [-0.3, -0.25) is 4.79 Å². The minimum absolute atomic E-state index is 0.232. The lowest BCUT2D eigenvalue weighted by molar-refractivity contribution is -0.119. The summed E-state index contributed by atoms with van der Waals surface area (Å²) in [6.07, 6.45) is 0.0799. The number of aryl methyl sites for hydroxylation is 1. The summed E-state index contributed by atoms with van der Waals surface area (Å²) in [5.41, 5.74) is 3.90. The molecule has 3 rings (SSSR count). The molecule has 2 aromatic carbocycles. The van der Waals surface area contributed by atoms with Crippen LogP contribution in [0.5, 0.6) is 17.2 Å². The second-order valence-corrected chi connectivity index (χ2v) is 5.38. The second kappa shape index (κ2) is 7.12. The lowest BCUT2D eigenvalue weighted by Crippen LogP contribution is -2.49. The fourth-order valence-corrected chi connectivity index (χ4v) is 2.64. The van der Waals surface area contributed by atoms with E-state index in [1.807, 2.05) is 6.07 Å². The molecule has 25 heavy (non-hydrogen) atoms. The first-order chi connectivity index (χ1) is 12.1. The molecule has 7 heteroatoms. The first kappa shape index (κ1) is 16.6. The van der Waals surface area contributed by atoms with E-state index in [4.69, 9.17) is 14.2 Å². The Balaban J connectivity index is 1.84. The molecule has 0 aromatic heterocycles. The monoisotopic (exact) mass is 342 g/mol. The van der Waals surface area contributed by atoms with Crippen molar-refractivity contribution >= 4 is 17.7 Å². The van der Waals surface area contributed by atoms with Crippen LogP contribution in [0.2, 0.25) is 0 Å². The molecule has 1 aliphatic heterocycles. The standard InChI is InChI=1S/C18H18N2O5/c1-23-15-10-12-8-9-17(21)20(14(12)11-16(15)24-2)19-18(22)25-13-6-4-3-5-7-13/h3-7,10-11H,8-9H2,1-2H3,(H,19,22). The van der Waals surface area contributed by atoms with Gasteiger partial charge in [-0.25, -0.2) is 15.2 Å². The van der Waals surface area contributed by atoms with E-state index < -0.39 is 6.09 Å². The van der Waals surface area contributed by atoms with E-state index in [1.165, 1.54) is 12.1 Å². The quantitative estimate of drug-likeness (QED) is 0.924. The Bertz CT molecular complexity index is 792. The van der Waals surface area contributed by atoms with Crippen LogP contribution in [0, 0.1) is 0 Å². The number of nitrogens with one attached hydrogen (secondary N) is 1. The molecular formula is C18H18N2O5. The van der Waals surface area contributed by atoms with E-state index in [2.05, 4.69) is 5.43 Å². The SMILES string of the molecule is COc1cc2c(cc1OC)N(NC(=O)Oc1ccccc1)C(=O)CC2. The smallest absolute Gasteiger partial charge is 0.432 e. The van der Waals surface area contributed by atoms with Crippen molar-refractivity contribution < 1.29 is 23.8 Å². The van der Waals surface area contributed by atoms with E-state index in [0.29, 0.717) is 29.4 Å². The van der Waals surface area contributed by atoms with E-state index in [9.17, 15) is 9.59 Å². The molecule has 2 aromatic rings. The molecule has 0 unspecified atom stereocenters. The van der Waals surface area contributed by atoms with Gasteiger partial charge in [0.05, 0.1) is 19.9 Å². The summed E-state index contributed by atoms with van der Waals surface area (Å²) in [7, 11) is 3.06. The molecular weight excluding hydrogens is 324 g/mol. The van der Waals surface area contributed by atoms with Crippen LogP contribution >= 0.6 is 0 Å². The second-order valence-electron chi connectivity index (χ2n) is 5.38. The van der Waals surface area contributed by atoms with Crippen LogP contribution in [-0.4, -0.2) is 26.2 Å². The van der Waals surface area contributed by atoms with Crippen molar-refractivity contribution in [2.24, 2.45) is 0 Å². The van der Waals surface area contributed by atoms with Gasteiger partial charge in [0, 0.05) is 12.5 Å². The van der Waals surface area contributed by atoms with E-state index in [1.54, 1.807) is 43.5 Å². The molecule has 0 saturated carbocycles. The Morgan fingerprint density at radius 3 is 2.40 bits per heavy atom. The molecule has 0 spiro atoms. The molecule has 1 aliphatic rings. The Kier molecular flexibility index (Phi) is 4.74. The number of hydrazine groups is 1. The predicted octanol–water partition coefficient (Wildman–Crippen LogP) is 2.69. The maximum Gasteiger partial charge on any atom is 0.432 e. The number of amides is 2. The number of benzene rings is 2. The number of anilines is 1. The first-order valence-corrected chi connectivity index (χ1v) is 7.73. The summed E-state index contributed by atoms with van der Waals surface area (Å²) in [4.78, 5) is 24.4. The maximum absolute atomic E-state index is 12.3. The molecule has 0 saturated heterocycles. The van der Waals surface area contributed by atoms with E-state index in [-0.39, 0.29) is 12.3 Å². The highest BCUT2D eigenvalue weighted by molar-refractivity contribution is 5.98. The van der Waals surface area contributed by atoms with E-state index in [0.717, 1.165) is 5.56 Å². The van der Waals surface area contributed by atoms with Crippen molar-refractivity contribution in [2.75, 3.05) is 19.2 Å². The maximum atomic E-state index is 12.3. The number of hydrogen-bond acceptors (Lipinski definition) is 5. The highest BCUT2D eigenvalue weighted by atomic mass is 16.6. The van der Waals surface area contributed by atoms with Gasteiger partial charge in [0.1, 0.15) is 5.75 Å². The Labute approximate surface area is 145 Å². The van der Waals surface area contributed by atoms with Crippen molar-refractivity contribution in [1.29, 1.82) is 0 Å². The van der Waals surface area contributed by atoms with Gasteiger partial charge in [-0.05, 0) is 30.2 Å². The van der Waals surface area contributed by atoms with Crippen molar-refractivity contribution in [3.63, 3.8) is 0 Å². The van der Waals surface area contributed by atoms with Crippen LogP contribution in [0.15, 0.2) is 42.5 Å². The lowest BCUT2D eigenvalue weighted by atomic mass is 10.0. The molecule has 0 fully saturated rings. The number of carbonyl (C=O) groups is 2. The van der Waals surface area contributed by atoms with Crippen molar-refractivity contribution in [2.45, 2.75) is 12.8 Å². The van der Waals surface area contributed by atoms with Crippen molar-refractivity contribution in [3.05, 3.63) is 48.0 Å². The highest BCUT2D eigenvalue weighted by Gasteiger charge is 2.28. The minimum Gasteiger partial charge on any atom is -0.493 e. The minimum atomic E-state index is -0.748. The number of ether oxygens (including phenoxy) is 3. The van der Waals surface area contributed by atoms with Gasteiger partial charge in [-0.1, -0.05) is 18.2 Å². The van der Waals surface area contributed by atoms with Crippen molar-refractivity contribution in [1.82, 2.24) is 5.43 Å². The number of nitrogens with zero attached hydrogens (tertiary/aromatic N) is 1. The summed E-state index contributed by atoms with van der Waals surface area (Å²) in [5, 5.41) is 1.19. The zero-order valence-corrected chi connectivity index (χ0v) is 13.9. The number of rotatable bonds is 4. The molecule has 1 heterocycles. The molecule has 2 amide bonds. The van der Waals surface area contributed by atoms with Crippen LogP contribution < -0.4 is 24.6 Å². The van der Waals surface area contributed by atoms with Gasteiger partial charge in [-0.2, -0.15) is 0 Å². The molecule has 0 bridgehead atoms. The average molecular weight is 342 g/mol. The van der Waals surface area contributed by atoms with Gasteiger partial charge in [0.15, 0.2) is 11.5 Å². The largest absolute Gasteiger partial charge is 0.493 e. The topological polar surface area (TPSA) is 77.1 Å². The number of fused-ring (bicyclic) bond motifs is 1. The summed E-state index contributed by atoms with van der Waals surface area (Å²) < 4.78 is 15.7. The number of para-hydroxylation sites is 1. The van der Waals surface area contributed by atoms with Gasteiger partial charge >= 0.3 is 6.09 Å². The fraction of sp³-hybridized carbons (Fsp3) is 0.222. The lowest BCUT2D eigenvalue weighted by Gasteiger charge is -2.29. The zero-order valence-electron chi connectivity index (χ0n) is 13.9. The summed E-state index contributed by atoms with van der Waals surface area (Å²) >= 11 is 0. The van der Waals surface area contributed by atoms with Crippen LogP contribution in [0.3, 0.4) is 0 Å². The Morgan fingerprint density at radius 1 is 1.04 bits per heavy atom. The summed E-state index contributed by atoms with van der Waals surface area (Å²) in [6, 6.07) is 12.1. The molecule has 1 N–H and O–H groups in total.